The first-order valence-corrected chi connectivity index (χ1v) is 11.1. The summed E-state index contributed by atoms with van der Waals surface area (Å²) in [6.45, 7) is 8.37. The molecule has 0 aliphatic carbocycles. The molecule has 7 nitrogen and oxygen atoms in total. The highest BCUT2D eigenvalue weighted by atomic mass is 16.5. The van der Waals surface area contributed by atoms with E-state index in [4.69, 9.17) is 9.84 Å². The number of nitrogens with one attached hydrogen (secondary N) is 1. The smallest absolute Gasteiger partial charge is 0.245 e. The Hall–Kier alpha value is -3.61. The molecule has 33 heavy (non-hydrogen) atoms. The van der Waals surface area contributed by atoms with Gasteiger partial charge >= 0.3 is 0 Å². The minimum atomic E-state index is -0.270. The van der Waals surface area contributed by atoms with Crippen molar-refractivity contribution in [1.29, 1.82) is 0 Å². The van der Waals surface area contributed by atoms with E-state index in [9.17, 15) is 9.59 Å². The molecule has 0 atom stereocenters. The summed E-state index contributed by atoms with van der Waals surface area (Å²) >= 11 is 0. The van der Waals surface area contributed by atoms with E-state index < -0.39 is 0 Å². The summed E-state index contributed by atoms with van der Waals surface area (Å²) in [5.74, 6) is 0.959. The van der Waals surface area contributed by atoms with E-state index in [1.54, 1.807) is 16.7 Å². The van der Waals surface area contributed by atoms with Crippen LogP contribution >= 0.6 is 0 Å². The second-order valence-electron chi connectivity index (χ2n) is 9.08. The van der Waals surface area contributed by atoms with Gasteiger partial charge in [0.15, 0.2) is 0 Å². The molecule has 3 rings (SSSR count). The Kier molecular flexibility index (Phi) is 7.53. The van der Waals surface area contributed by atoms with E-state index in [-0.39, 0.29) is 23.8 Å². The topological polar surface area (TPSA) is 76.5 Å². The van der Waals surface area contributed by atoms with Gasteiger partial charge in [-0.3, -0.25) is 9.59 Å². The average Bonchev–Trinajstić information content (AvgIpc) is 3.20. The molecule has 2 aromatic carbocycles. The molecular weight excluding hydrogens is 416 g/mol. The number of hydrogen-bond acceptors (Lipinski definition) is 4. The summed E-state index contributed by atoms with van der Waals surface area (Å²) in [5, 5.41) is 7.67. The maximum absolute atomic E-state index is 12.9. The number of methoxy groups -OCH3 is 1. The van der Waals surface area contributed by atoms with Crippen LogP contribution in [0.2, 0.25) is 0 Å². The number of ether oxygens (including phenoxy) is 1. The van der Waals surface area contributed by atoms with Gasteiger partial charge < -0.3 is 15.0 Å². The summed E-state index contributed by atoms with van der Waals surface area (Å²) in [4.78, 5) is 27.1. The minimum absolute atomic E-state index is 0.0140. The van der Waals surface area contributed by atoms with Crippen LogP contribution in [-0.2, 0) is 9.59 Å². The van der Waals surface area contributed by atoms with Crippen LogP contribution in [0, 0.1) is 5.41 Å². The second-order valence-corrected chi connectivity index (χ2v) is 9.08. The SMILES string of the molecule is CCN(CC(=O)Nc1cc(-c2ccccc2)nn1-c1ccc(OC)cc1)C(=O)CC(C)(C)C. The molecule has 0 aliphatic heterocycles. The predicted octanol–water partition coefficient (Wildman–Crippen LogP) is 4.77. The number of nitrogens with zero attached hydrogens (tertiary/aromatic N) is 3. The van der Waals surface area contributed by atoms with Crippen LogP contribution < -0.4 is 10.1 Å². The highest BCUT2D eigenvalue weighted by Crippen LogP contribution is 2.26. The number of benzene rings is 2. The molecule has 0 saturated heterocycles. The molecule has 174 valence electrons. The van der Waals surface area contributed by atoms with E-state index >= 15 is 0 Å². The maximum atomic E-state index is 12.9. The van der Waals surface area contributed by atoms with Gasteiger partial charge in [0.25, 0.3) is 0 Å². The normalized spacial score (nSPS) is 11.2. The summed E-state index contributed by atoms with van der Waals surface area (Å²) < 4.78 is 6.94. The number of anilines is 1. The summed E-state index contributed by atoms with van der Waals surface area (Å²) in [7, 11) is 1.61. The molecular formula is C26H32N4O3. The number of carbonyl (C=O) groups excluding carboxylic acids is 2. The van der Waals surface area contributed by atoms with Crippen molar-refractivity contribution in [2.24, 2.45) is 5.41 Å². The van der Waals surface area contributed by atoms with Gasteiger partial charge in [0.2, 0.25) is 11.8 Å². The van der Waals surface area contributed by atoms with Gasteiger partial charge in [0, 0.05) is 24.6 Å². The van der Waals surface area contributed by atoms with Crippen LogP contribution in [0.5, 0.6) is 5.75 Å². The predicted molar refractivity (Wildman–Crippen MR) is 131 cm³/mol. The zero-order chi connectivity index (χ0) is 24.0. The van der Waals surface area contributed by atoms with Crippen molar-refractivity contribution < 1.29 is 14.3 Å². The van der Waals surface area contributed by atoms with Crippen LogP contribution in [0.15, 0.2) is 60.7 Å². The first-order valence-electron chi connectivity index (χ1n) is 11.1. The fourth-order valence-electron chi connectivity index (χ4n) is 3.44. The van der Waals surface area contributed by atoms with E-state index in [0.29, 0.717) is 18.8 Å². The lowest BCUT2D eigenvalue weighted by molar-refractivity contribution is -0.136. The quantitative estimate of drug-likeness (QED) is 0.538. The lowest BCUT2D eigenvalue weighted by Gasteiger charge is -2.25. The maximum Gasteiger partial charge on any atom is 0.245 e. The van der Waals surface area contributed by atoms with Gasteiger partial charge in [0.1, 0.15) is 11.6 Å². The fraction of sp³-hybridized carbons (Fsp3) is 0.346. The van der Waals surface area contributed by atoms with Crippen LogP contribution in [0.25, 0.3) is 16.9 Å². The average molecular weight is 449 g/mol. The fourth-order valence-corrected chi connectivity index (χ4v) is 3.44. The third-order valence-corrected chi connectivity index (χ3v) is 5.11. The molecule has 0 spiro atoms. The third kappa shape index (κ3) is 6.44. The Bertz CT molecular complexity index is 1080. The molecule has 2 amide bonds. The molecule has 1 N–H and O–H groups in total. The van der Waals surface area contributed by atoms with E-state index in [2.05, 4.69) is 5.32 Å². The molecule has 0 aliphatic rings. The Labute approximate surface area is 195 Å². The molecule has 0 bridgehead atoms. The molecule has 0 unspecified atom stereocenters. The number of amides is 2. The van der Waals surface area contributed by atoms with Crippen molar-refractivity contribution in [1.82, 2.24) is 14.7 Å². The van der Waals surface area contributed by atoms with Crippen LogP contribution in [0.1, 0.15) is 34.1 Å². The molecule has 1 aromatic heterocycles. The number of likely N-dealkylation sites (N-methyl/N-ethyl adjacent to an activating group) is 1. The van der Waals surface area contributed by atoms with Gasteiger partial charge in [0.05, 0.1) is 25.0 Å². The van der Waals surface area contributed by atoms with Gasteiger partial charge in [-0.1, -0.05) is 51.1 Å². The first kappa shape index (κ1) is 24.0. The van der Waals surface area contributed by atoms with Crippen molar-refractivity contribution >= 4 is 17.6 Å². The van der Waals surface area contributed by atoms with Crippen molar-refractivity contribution in [2.75, 3.05) is 25.5 Å². The van der Waals surface area contributed by atoms with Crippen molar-refractivity contribution in [3.8, 4) is 22.7 Å². The van der Waals surface area contributed by atoms with Crippen molar-refractivity contribution in [3.63, 3.8) is 0 Å². The largest absolute Gasteiger partial charge is 0.497 e. The Balaban J connectivity index is 1.86. The van der Waals surface area contributed by atoms with Gasteiger partial charge in [-0.2, -0.15) is 5.10 Å². The lowest BCUT2D eigenvalue weighted by Crippen LogP contribution is -2.39. The van der Waals surface area contributed by atoms with E-state index in [1.165, 1.54) is 0 Å². The molecule has 0 saturated carbocycles. The summed E-state index contributed by atoms with van der Waals surface area (Å²) in [5.41, 5.74) is 2.32. The van der Waals surface area contributed by atoms with Crippen LogP contribution in [0.4, 0.5) is 5.82 Å². The first-order chi connectivity index (χ1) is 15.7. The Morgan fingerprint density at radius 3 is 2.30 bits per heavy atom. The van der Waals surface area contributed by atoms with E-state index in [0.717, 1.165) is 22.7 Å². The third-order valence-electron chi connectivity index (χ3n) is 5.11. The number of rotatable bonds is 8. The highest BCUT2D eigenvalue weighted by Gasteiger charge is 2.23. The molecule has 7 heteroatoms. The Morgan fingerprint density at radius 2 is 1.73 bits per heavy atom. The zero-order valence-corrected chi connectivity index (χ0v) is 20.0. The number of aromatic nitrogens is 2. The standard InChI is InChI=1S/C26H32N4O3/c1-6-29(25(32)17-26(2,3)4)18-24(31)27-23-16-22(19-10-8-7-9-11-19)28-30(23)20-12-14-21(33-5)15-13-20/h7-16H,6,17-18H2,1-5H3,(H,27,31). The van der Waals surface area contributed by atoms with Gasteiger partial charge in [-0.15, -0.1) is 0 Å². The second kappa shape index (κ2) is 10.3. The molecule has 3 aromatic rings. The minimum Gasteiger partial charge on any atom is -0.497 e. The lowest BCUT2D eigenvalue weighted by atomic mass is 9.91. The van der Waals surface area contributed by atoms with Crippen molar-refractivity contribution in [3.05, 3.63) is 60.7 Å². The van der Waals surface area contributed by atoms with Crippen LogP contribution in [0.3, 0.4) is 0 Å². The summed E-state index contributed by atoms with van der Waals surface area (Å²) in [6.07, 6.45) is 0.385. The zero-order valence-electron chi connectivity index (χ0n) is 20.0. The summed E-state index contributed by atoms with van der Waals surface area (Å²) in [6, 6.07) is 19.0. The monoisotopic (exact) mass is 448 g/mol. The molecule has 0 radical (unpaired) electrons. The Morgan fingerprint density at radius 1 is 1.06 bits per heavy atom. The van der Waals surface area contributed by atoms with Crippen LogP contribution in [-0.4, -0.2) is 46.7 Å². The highest BCUT2D eigenvalue weighted by molar-refractivity contribution is 5.94. The number of carbonyl (C=O) groups is 2. The molecule has 0 fully saturated rings. The van der Waals surface area contributed by atoms with Crippen molar-refractivity contribution in [2.45, 2.75) is 34.1 Å². The van der Waals surface area contributed by atoms with E-state index in [1.807, 2.05) is 88.4 Å². The van der Waals surface area contributed by atoms with Gasteiger partial charge in [-0.25, -0.2) is 4.68 Å². The molecule has 1 heterocycles. The number of hydrogen-bond donors (Lipinski definition) is 1. The van der Waals surface area contributed by atoms with Gasteiger partial charge in [-0.05, 0) is 36.6 Å².